The average molecular weight is 574 g/mol. The Morgan fingerprint density at radius 1 is 1.07 bits per heavy atom. The highest BCUT2D eigenvalue weighted by atomic mass is 16.5. The molecule has 0 aliphatic carbocycles. The molecular formula is C36H35N3O4. The lowest BCUT2D eigenvalue weighted by molar-refractivity contribution is 0.0696. The zero-order chi connectivity index (χ0) is 30.4. The Morgan fingerprint density at radius 3 is 2.58 bits per heavy atom. The summed E-state index contributed by atoms with van der Waals surface area (Å²) in [4.78, 5) is 29.2. The van der Waals surface area contributed by atoms with Gasteiger partial charge in [-0.2, -0.15) is 0 Å². The Bertz CT molecular complexity index is 2130. The summed E-state index contributed by atoms with van der Waals surface area (Å²) in [6, 6.07) is 15.3. The van der Waals surface area contributed by atoms with Crippen LogP contribution in [0.3, 0.4) is 0 Å². The first-order valence-electron chi connectivity index (χ1n) is 14.8. The highest BCUT2D eigenvalue weighted by Crippen LogP contribution is 2.47. The molecule has 3 aliphatic rings. The highest BCUT2D eigenvalue weighted by Gasteiger charge is 2.34. The van der Waals surface area contributed by atoms with Crippen molar-refractivity contribution in [2.24, 2.45) is 7.05 Å². The number of anilines is 1. The first-order valence-corrected chi connectivity index (χ1v) is 14.8. The van der Waals surface area contributed by atoms with Crippen molar-refractivity contribution in [2.75, 3.05) is 18.0 Å². The van der Waals surface area contributed by atoms with Crippen molar-refractivity contribution in [3.63, 3.8) is 0 Å². The molecule has 43 heavy (non-hydrogen) atoms. The molecule has 0 saturated carbocycles. The number of ether oxygens (including phenoxy) is 1. The molecule has 0 radical (unpaired) electrons. The number of hydrogen-bond acceptors (Lipinski definition) is 5. The topological polar surface area (TPSA) is 83.8 Å². The third-order valence-electron chi connectivity index (χ3n) is 9.31. The molecule has 7 rings (SSSR count). The summed E-state index contributed by atoms with van der Waals surface area (Å²) >= 11 is 0. The van der Waals surface area contributed by atoms with Crippen LogP contribution in [0.2, 0.25) is 0 Å². The van der Waals surface area contributed by atoms with Crippen molar-refractivity contribution in [3.05, 3.63) is 103 Å². The predicted octanol–water partition coefficient (Wildman–Crippen LogP) is 4.89. The first kappa shape index (κ1) is 27.1. The number of aromatic carboxylic acids is 1. The number of allylic oxidation sites excluding steroid dienone is 1. The van der Waals surface area contributed by atoms with Gasteiger partial charge in [-0.3, -0.25) is 4.79 Å². The van der Waals surface area contributed by atoms with Gasteiger partial charge in [0.2, 0.25) is 0 Å². The van der Waals surface area contributed by atoms with Crippen molar-refractivity contribution in [1.29, 1.82) is 0 Å². The minimum atomic E-state index is -1.05. The van der Waals surface area contributed by atoms with Crippen LogP contribution in [0, 0.1) is 0 Å². The van der Waals surface area contributed by atoms with E-state index in [2.05, 4.69) is 75.2 Å². The Labute approximate surface area is 250 Å². The molecule has 0 unspecified atom stereocenters. The molecule has 1 aromatic heterocycles. The van der Waals surface area contributed by atoms with Gasteiger partial charge < -0.3 is 24.6 Å². The molecule has 0 bridgehead atoms. The number of carbonyl (C=O) groups is 1. The molecule has 2 N–H and O–H groups in total. The fourth-order valence-corrected chi connectivity index (χ4v) is 7.34. The number of carboxylic acid groups (broad SMARTS) is 1. The van der Waals surface area contributed by atoms with Crippen molar-refractivity contribution < 1.29 is 14.6 Å². The maximum atomic E-state index is 14.4. The second-order valence-electron chi connectivity index (χ2n) is 12.3. The van der Waals surface area contributed by atoms with Gasteiger partial charge in [-0.15, -0.1) is 0 Å². The first-order chi connectivity index (χ1) is 20.5. The number of pyridine rings is 1. The van der Waals surface area contributed by atoms with E-state index in [4.69, 9.17) is 4.74 Å². The fraction of sp³-hybridized carbons (Fsp3) is 0.278. The van der Waals surface area contributed by atoms with Crippen LogP contribution in [0.25, 0.3) is 27.7 Å². The highest BCUT2D eigenvalue weighted by molar-refractivity contribution is 6.01. The smallest absolute Gasteiger partial charge is 0.336 e. The molecule has 3 aliphatic heterocycles. The summed E-state index contributed by atoms with van der Waals surface area (Å²) in [5, 5.41) is 16.0. The van der Waals surface area contributed by atoms with E-state index in [9.17, 15) is 14.7 Å². The van der Waals surface area contributed by atoms with Gasteiger partial charge in [0.05, 0.1) is 21.8 Å². The molecule has 0 spiro atoms. The summed E-state index contributed by atoms with van der Waals surface area (Å²) in [6.07, 6.45) is 3.12. The summed E-state index contributed by atoms with van der Waals surface area (Å²) < 4.78 is 8.47. The van der Waals surface area contributed by atoms with Crippen molar-refractivity contribution >= 4 is 39.4 Å². The van der Waals surface area contributed by atoms with Gasteiger partial charge in [-0.05, 0) is 87.2 Å². The van der Waals surface area contributed by atoms with Crippen LogP contribution in [0.5, 0.6) is 11.5 Å². The van der Waals surface area contributed by atoms with Crippen LogP contribution < -0.4 is 31.0 Å². The number of benzene rings is 3. The second kappa shape index (κ2) is 9.36. The van der Waals surface area contributed by atoms with Gasteiger partial charge in [-0.1, -0.05) is 24.3 Å². The summed E-state index contributed by atoms with van der Waals surface area (Å²) in [5.41, 5.74) is 7.78. The Hall–Kier alpha value is -4.78. The van der Waals surface area contributed by atoms with E-state index >= 15 is 0 Å². The molecular weight excluding hydrogens is 538 g/mol. The predicted molar refractivity (Wildman–Crippen MR) is 172 cm³/mol. The van der Waals surface area contributed by atoms with Crippen molar-refractivity contribution in [1.82, 2.24) is 9.88 Å². The van der Waals surface area contributed by atoms with Crippen LogP contribution in [0.15, 0.2) is 59.4 Å². The molecule has 7 nitrogen and oxygen atoms in total. The largest absolute Gasteiger partial charge is 0.478 e. The van der Waals surface area contributed by atoms with Crippen molar-refractivity contribution in [2.45, 2.75) is 46.6 Å². The number of hydrogen-bond donors (Lipinski definition) is 2. The number of aromatic nitrogens is 1. The molecule has 4 aromatic rings. The van der Waals surface area contributed by atoms with E-state index in [1.165, 1.54) is 5.56 Å². The number of aryl methyl sites for hydroxylation is 1. The minimum absolute atomic E-state index is 0.140. The molecule has 7 heteroatoms. The van der Waals surface area contributed by atoms with Gasteiger partial charge in [0, 0.05) is 59.7 Å². The zero-order valence-electron chi connectivity index (χ0n) is 25.4. The Kier molecular flexibility index (Phi) is 5.90. The number of carboxylic acids is 1. The number of rotatable bonds is 3. The van der Waals surface area contributed by atoms with Crippen LogP contribution in [0.4, 0.5) is 5.69 Å². The van der Waals surface area contributed by atoms with Gasteiger partial charge in [-0.25, -0.2) is 4.79 Å². The SMILES string of the molecule is CCN1c2cc3c(cc2C(C)=CC1(C)C)C(c1ccccc1C(=O)O)=c1c(c2cc4c(cc2n(C)c1=O)=C(C)NCC4)O3. The van der Waals surface area contributed by atoms with E-state index in [1.54, 1.807) is 29.8 Å². The van der Waals surface area contributed by atoms with Gasteiger partial charge in [0.15, 0.2) is 0 Å². The monoisotopic (exact) mass is 573 g/mol. The lowest BCUT2D eigenvalue weighted by atomic mass is 9.84. The number of likely N-dealkylation sites (N-methyl/N-ethyl adjacent to an activating group) is 1. The summed E-state index contributed by atoms with van der Waals surface area (Å²) in [6.45, 7) is 12.4. The third kappa shape index (κ3) is 3.87. The Balaban J connectivity index is 1.68. The fourth-order valence-electron chi connectivity index (χ4n) is 7.34. The van der Waals surface area contributed by atoms with Gasteiger partial charge in [0.1, 0.15) is 11.5 Å². The van der Waals surface area contributed by atoms with Crippen LogP contribution in [0.1, 0.15) is 67.2 Å². The summed E-state index contributed by atoms with van der Waals surface area (Å²) in [5.74, 6) is 0.0445. The van der Waals surface area contributed by atoms with Gasteiger partial charge in [0.25, 0.3) is 5.56 Å². The maximum Gasteiger partial charge on any atom is 0.336 e. The van der Waals surface area contributed by atoms with E-state index in [-0.39, 0.29) is 16.7 Å². The van der Waals surface area contributed by atoms with Gasteiger partial charge >= 0.3 is 5.97 Å². The average Bonchev–Trinajstić information content (AvgIpc) is 2.97. The van der Waals surface area contributed by atoms with E-state index in [1.807, 2.05) is 6.07 Å². The number of fused-ring (bicyclic) bond motifs is 6. The molecule has 0 atom stereocenters. The normalized spacial score (nSPS) is 16.4. The molecule has 4 heterocycles. The van der Waals surface area contributed by atoms with Crippen molar-refractivity contribution in [3.8, 4) is 11.5 Å². The van der Waals surface area contributed by atoms with E-state index in [0.29, 0.717) is 33.4 Å². The number of nitrogens with one attached hydrogen (secondary N) is 1. The molecule has 218 valence electrons. The van der Waals surface area contributed by atoms with Crippen LogP contribution in [-0.4, -0.2) is 34.3 Å². The van der Waals surface area contributed by atoms with Crippen LogP contribution in [-0.2, 0) is 13.5 Å². The lowest BCUT2D eigenvalue weighted by Gasteiger charge is -2.43. The lowest BCUT2D eigenvalue weighted by Crippen LogP contribution is -2.45. The van der Waals surface area contributed by atoms with Crippen LogP contribution >= 0.6 is 0 Å². The Morgan fingerprint density at radius 2 is 1.84 bits per heavy atom. The second-order valence-corrected chi connectivity index (χ2v) is 12.3. The molecule has 3 aromatic carbocycles. The standard InChI is InChI=1S/C36H35N3O4/c1-7-39-29-17-30-27(15-24(29)19(2)18-36(39,4)5)31(22-10-8-9-11-23(22)35(41)42)32-33(43-30)26-14-21-12-13-37-20(3)25(21)16-28(26)38(6)34(32)40/h8-11,14-18,37H,7,12-13H2,1-6H3,(H,41,42). The zero-order valence-corrected chi connectivity index (χ0v) is 25.4. The van der Waals surface area contributed by atoms with E-state index in [0.717, 1.165) is 58.2 Å². The maximum absolute atomic E-state index is 14.4. The molecule has 0 saturated heterocycles. The quantitative estimate of drug-likeness (QED) is 0.320. The van der Waals surface area contributed by atoms with E-state index < -0.39 is 5.97 Å². The molecule has 0 fully saturated rings. The molecule has 0 amide bonds. The number of nitrogens with zero attached hydrogens (tertiary/aromatic N) is 2. The minimum Gasteiger partial charge on any atom is -0.478 e. The third-order valence-corrected chi connectivity index (χ3v) is 9.31. The summed E-state index contributed by atoms with van der Waals surface area (Å²) in [7, 11) is 1.78.